The van der Waals surface area contributed by atoms with Crippen molar-refractivity contribution in [1.29, 1.82) is 0 Å². The van der Waals surface area contributed by atoms with Gasteiger partial charge in [0, 0.05) is 30.6 Å². The zero-order chi connectivity index (χ0) is 24.4. The smallest absolute Gasteiger partial charge is 0.192 e. The average Bonchev–Trinajstić information content (AvgIpc) is 2.51. The number of hydrogen-bond acceptors (Lipinski definition) is 3. The van der Waals surface area contributed by atoms with E-state index in [4.69, 9.17) is 13.3 Å². The fourth-order valence-corrected chi connectivity index (χ4v) is 5.68. The van der Waals surface area contributed by atoms with Crippen LogP contribution in [-0.2, 0) is 13.3 Å². The van der Waals surface area contributed by atoms with Crippen molar-refractivity contribution in [2.45, 2.75) is 117 Å². The van der Waals surface area contributed by atoms with Gasteiger partial charge >= 0.3 is 0 Å². The van der Waals surface area contributed by atoms with E-state index in [1.54, 1.807) is 0 Å². The van der Waals surface area contributed by atoms with E-state index in [9.17, 15) is 0 Å². The highest BCUT2D eigenvalue weighted by atomic mass is 79.9. The molecule has 0 unspecified atom stereocenters. The van der Waals surface area contributed by atoms with Gasteiger partial charge in [-0.3, -0.25) is 0 Å². The summed E-state index contributed by atoms with van der Waals surface area (Å²) in [6.45, 7) is 36.7. The Morgan fingerprint density at radius 3 is 0.833 bits per heavy atom. The number of alkyl halides is 1. The van der Waals surface area contributed by atoms with E-state index in [1.807, 2.05) is 0 Å². The molecule has 0 aromatic rings. The number of hydrogen-bond donors (Lipinski definition) is 0. The molecule has 3 nitrogen and oxygen atoms in total. The number of rotatable bonds is 10. The van der Waals surface area contributed by atoms with Gasteiger partial charge in [-0.05, 0) is 54.4 Å². The molecule has 0 saturated carbocycles. The maximum absolute atomic E-state index is 6.73. The van der Waals surface area contributed by atoms with Gasteiger partial charge in [-0.1, -0.05) is 78.2 Å². The van der Waals surface area contributed by atoms with Crippen LogP contribution in [0.5, 0.6) is 0 Å². The van der Waals surface area contributed by atoms with Gasteiger partial charge in [-0.25, -0.2) is 0 Å². The molecule has 0 bridgehead atoms. The van der Waals surface area contributed by atoms with Gasteiger partial charge in [-0.2, -0.15) is 0 Å². The number of halogens is 1. The van der Waals surface area contributed by atoms with Gasteiger partial charge in [0.05, 0.1) is 0 Å². The lowest BCUT2D eigenvalue weighted by atomic mass is 9.95. The maximum Gasteiger partial charge on any atom is 0.192 e. The van der Waals surface area contributed by atoms with E-state index in [0.717, 1.165) is 5.33 Å². The lowest BCUT2D eigenvalue weighted by molar-refractivity contribution is 0.0370. The van der Waals surface area contributed by atoms with Gasteiger partial charge in [0.25, 0.3) is 0 Å². The lowest BCUT2D eigenvalue weighted by Gasteiger charge is -2.45. The predicted molar refractivity (Wildman–Crippen MR) is 146 cm³/mol. The summed E-state index contributed by atoms with van der Waals surface area (Å²) in [5, 5.41) is 1.38. The van der Waals surface area contributed by atoms with E-state index < -0.39 is 25.0 Å². The topological polar surface area (TPSA) is 27.7 Å². The molecule has 7 heteroatoms. The van der Waals surface area contributed by atoms with Crippen LogP contribution in [0.4, 0.5) is 0 Å². The van der Waals surface area contributed by atoms with Crippen LogP contribution >= 0.6 is 15.9 Å². The van der Waals surface area contributed by atoms with Crippen molar-refractivity contribution in [2.75, 3.05) is 25.2 Å². The summed E-state index contributed by atoms with van der Waals surface area (Å²) in [6.07, 6.45) is 0. The molecule has 0 aromatic heterocycles. The first-order valence-electron chi connectivity index (χ1n) is 11.4. The molecule has 0 rings (SSSR count). The fraction of sp³-hybridized carbons (Fsp3) is 1.00. The highest BCUT2D eigenvalue weighted by molar-refractivity contribution is 9.09. The summed E-state index contributed by atoms with van der Waals surface area (Å²) < 4.78 is 20.2. The quantitative estimate of drug-likeness (QED) is 0.205. The van der Waals surface area contributed by atoms with Gasteiger partial charge in [0.15, 0.2) is 25.0 Å². The van der Waals surface area contributed by atoms with Crippen LogP contribution in [0.25, 0.3) is 0 Å². The molecule has 0 N–H and O–H groups in total. The van der Waals surface area contributed by atoms with Crippen molar-refractivity contribution in [3.8, 4) is 0 Å². The Hall–Kier alpha value is 1.01. The minimum Gasteiger partial charge on any atom is -0.416 e. The third-order valence-electron chi connectivity index (χ3n) is 7.92. The molecular weight excluding hydrogens is 488 g/mol. The second-order valence-corrected chi connectivity index (χ2v) is 28.8. The van der Waals surface area contributed by atoms with Crippen LogP contribution in [0.2, 0.25) is 54.4 Å². The van der Waals surface area contributed by atoms with Gasteiger partial charge in [0.1, 0.15) is 0 Å². The monoisotopic (exact) mass is 540 g/mol. The molecule has 0 radical (unpaired) electrons. The standard InChI is InChI=1S/C23H53BrO3Si3/c1-20(2,3)28(10,11)25-17-23(16-24,18-26-29(12,13)21(4,5)6)19-27-30(14,15)22(7,8)9/h16-19H2,1-15H3. The van der Waals surface area contributed by atoms with Crippen molar-refractivity contribution >= 4 is 40.9 Å². The Labute approximate surface area is 200 Å². The maximum atomic E-state index is 6.73. The van der Waals surface area contributed by atoms with E-state index in [-0.39, 0.29) is 20.5 Å². The summed E-state index contributed by atoms with van der Waals surface area (Å²) >= 11 is 3.83. The highest BCUT2D eigenvalue weighted by Crippen LogP contribution is 2.42. The van der Waals surface area contributed by atoms with Crippen molar-refractivity contribution in [3.05, 3.63) is 0 Å². The van der Waals surface area contributed by atoms with Gasteiger partial charge in [0.2, 0.25) is 0 Å². The molecule has 0 amide bonds. The first-order chi connectivity index (χ1) is 12.9. The Bertz CT molecular complexity index is 467. The molecule has 0 fully saturated rings. The molecule has 0 aliphatic rings. The van der Waals surface area contributed by atoms with Crippen LogP contribution in [0, 0.1) is 5.41 Å². The average molecular weight is 542 g/mol. The second kappa shape index (κ2) is 10.1. The summed E-state index contributed by atoms with van der Waals surface area (Å²) in [5.74, 6) is 0. The molecule has 0 aromatic carbocycles. The first-order valence-corrected chi connectivity index (χ1v) is 21.3. The zero-order valence-electron chi connectivity index (χ0n) is 22.9. The summed E-state index contributed by atoms with van der Waals surface area (Å²) in [6, 6.07) is 0. The first kappa shape index (κ1) is 31.0. The third kappa shape index (κ3) is 8.41. The molecule has 0 aliphatic carbocycles. The molecule has 30 heavy (non-hydrogen) atoms. The molecule has 0 saturated heterocycles. The predicted octanol–water partition coefficient (Wildman–Crippen LogP) is 8.43. The molecule has 0 heterocycles. The lowest BCUT2D eigenvalue weighted by Crippen LogP contribution is -2.52. The van der Waals surface area contributed by atoms with Crippen LogP contribution < -0.4 is 0 Å². The minimum absolute atomic E-state index is 0.180. The van der Waals surface area contributed by atoms with Crippen LogP contribution in [0.15, 0.2) is 0 Å². The molecule has 0 spiro atoms. The van der Waals surface area contributed by atoms with E-state index in [0.29, 0.717) is 19.8 Å². The zero-order valence-corrected chi connectivity index (χ0v) is 27.5. The third-order valence-corrected chi connectivity index (χ3v) is 22.5. The fourth-order valence-electron chi connectivity index (χ4n) is 1.89. The van der Waals surface area contributed by atoms with E-state index in [2.05, 4.69) is 118 Å². The minimum atomic E-state index is -1.86. The molecule has 0 atom stereocenters. The van der Waals surface area contributed by atoms with Crippen molar-refractivity contribution in [3.63, 3.8) is 0 Å². The second-order valence-electron chi connectivity index (χ2n) is 13.8. The van der Waals surface area contributed by atoms with Crippen LogP contribution in [0.1, 0.15) is 62.3 Å². The largest absolute Gasteiger partial charge is 0.416 e. The molecule has 182 valence electrons. The van der Waals surface area contributed by atoms with E-state index >= 15 is 0 Å². The van der Waals surface area contributed by atoms with Crippen molar-refractivity contribution < 1.29 is 13.3 Å². The Balaban J connectivity index is 5.75. The van der Waals surface area contributed by atoms with Crippen LogP contribution in [0.3, 0.4) is 0 Å². The normalized spacial score (nSPS) is 15.6. The highest BCUT2D eigenvalue weighted by Gasteiger charge is 2.45. The molecular formula is C23H53BrO3Si3. The SMILES string of the molecule is CC(C)(C)[Si](C)(C)OCC(CBr)(CO[Si](C)(C)C(C)(C)C)CO[Si](C)(C)C(C)(C)C. The van der Waals surface area contributed by atoms with E-state index in [1.165, 1.54) is 0 Å². The molecule has 0 aliphatic heterocycles. The van der Waals surface area contributed by atoms with Gasteiger partial charge < -0.3 is 13.3 Å². The van der Waals surface area contributed by atoms with Crippen molar-refractivity contribution in [2.24, 2.45) is 5.41 Å². The van der Waals surface area contributed by atoms with Gasteiger partial charge in [-0.15, -0.1) is 0 Å². The Morgan fingerprint density at radius 2 is 0.700 bits per heavy atom. The summed E-state index contributed by atoms with van der Waals surface area (Å²) in [7, 11) is -5.59. The summed E-state index contributed by atoms with van der Waals surface area (Å²) in [4.78, 5) is 0. The summed E-state index contributed by atoms with van der Waals surface area (Å²) in [5.41, 5.74) is -0.180. The Morgan fingerprint density at radius 1 is 0.500 bits per heavy atom. The van der Waals surface area contributed by atoms with Crippen LogP contribution in [-0.4, -0.2) is 50.1 Å². The Kier molecular flexibility index (Phi) is 10.4. The van der Waals surface area contributed by atoms with Crippen molar-refractivity contribution in [1.82, 2.24) is 0 Å².